The molecule has 1 heterocycles. The van der Waals surface area contributed by atoms with E-state index in [1.807, 2.05) is 13.8 Å². The number of halogens is 3. The Morgan fingerprint density at radius 3 is 2.28 bits per heavy atom. The highest BCUT2D eigenvalue weighted by molar-refractivity contribution is 5.84. The fraction of sp³-hybridized carbons (Fsp3) is 0.917. The highest BCUT2D eigenvalue weighted by atomic mass is 19.4. The van der Waals surface area contributed by atoms with E-state index in [1.54, 1.807) is 0 Å². The summed E-state index contributed by atoms with van der Waals surface area (Å²) >= 11 is 0. The van der Waals surface area contributed by atoms with Gasteiger partial charge < -0.3 is 10.2 Å². The molecule has 18 heavy (non-hydrogen) atoms. The molecule has 1 aliphatic rings. The molecule has 1 N–H and O–H groups in total. The molecule has 0 aromatic carbocycles. The van der Waals surface area contributed by atoms with Gasteiger partial charge in [0.05, 0.1) is 0 Å². The first-order valence-electron chi connectivity index (χ1n) is 6.35. The van der Waals surface area contributed by atoms with Gasteiger partial charge in [-0.25, -0.2) is 0 Å². The van der Waals surface area contributed by atoms with Gasteiger partial charge >= 0.3 is 6.18 Å². The number of hydrogen-bond donors (Lipinski definition) is 1. The molecule has 1 unspecified atom stereocenters. The van der Waals surface area contributed by atoms with Crippen molar-refractivity contribution in [2.75, 3.05) is 20.1 Å². The molecule has 1 aliphatic heterocycles. The lowest BCUT2D eigenvalue weighted by Gasteiger charge is -2.36. The number of carbonyl (C=O) groups is 1. The van der Waals surface area contributed by atoms with Crippen LogP contribution in [0.3, 0.4) is 0 Å². The number of carbonyl (C=O) groups excluding carboxylic acids is 1. The maximum absolute atomic E-state index is 13.2. The Morgan fingerprint density at radius 2 is 1.94 bits per heavy atom. The van der Waals surface area contributed by atoms with Crippen molar-refractivity contribution in [1.29, 1.82) is 0 Å². The van der Waals surface area contributed by atoms with E-state index in [4.69, 9.17) is 0 Å². The van der Waals surface area contributed by atoms with Gasteiger partial charge in [-0.1, -0.05) is 13.8 Å². The lowest BCUT2D eigenvalue weighted by molar-refractivity contribution is -0.222. The van der Waals surface area contributed by atoms with Gasteiger partial charge in [-0.2, -0.15) is 13.2 Å². The summed E-state index contributed by atoms with van der Waals surface area (Å²) < 4.78 is 39.6. The summed E-state index contributed by atoms with van der Waals surface area (Å²) in [5.41, 5.74) is -2.23. The molecule has 0 aromatic heterocycles. The van der Waals surface area contributed by atoms with Gasteiger partial charge in [-0.05, 0) is 25.8 Å². The fourth-order valence-electron chi connectivity index (χ4n) is 2.58. The van der Waals surface area contributed by atoms with Crippen LogP contribution in [-0.2, 0) is 4.79 Å². The smallest absolute Gasteiger partial charge is 0.342 e. The monoisotopic (exact) mass is 266 g/mol. The van der Waals surface area contributed by atoms with E-state index in [2.05, 4.69) is 5.32 Å². The van der Waals surface area contributed by atoms with Crippen molar-refractivity contribution in [3.8, 4) is 0 Å². The lowest BCUT2D eigenvalue weighted by Crippen LogP contribution is -2.54. The third-order valence-electron chi connectivity index (χ3n) is 3.92. The minimum atomic E-state index is -4.49. The van der Waals surface area contributed by atoms with Crippen molar-refractivity contribution >= 4 is 5.91 Å². The van der Waals surface area contributed by atoms with Crippen LogP contribution in [0.15, 0.2) is 0 Å². The number of amides is 1. The second-order valence-corrected chi connectivity index (χ2v) is 4.89. The first-order chi connectivity index (χ1) is 8.30. The zero-order chi connectivity index (χ0) is 14.0. The molecular weight excluding hydrogens is 245 g/mol. The summed E-state index contributed by atoms with van der Waals surface area (Å²) in [5.74, 6) is -0.798. The minimum absolute atomic E-state index is 0.127. The van der Waals surface area contributed by atoms with Crippen LogP contribution in [-0.4, -0.2) is 43.2 Å². The largest absolute Gasteiger partial charge is 0.404 e. The molecule has 0 aromatic rings. The van der Waals surface area contributed by atoms with Crippen molar-refractivity contribution in [3.05, 3.63) is 0 Å². The van der Waals surface area contributed by atoms with Crippen LogP contribution in [0.4, 0.5) is 13.2 Å². The van der Waals surface area contributed by atoms with E-state index < -0.39 is 17.5 Å². The summed E-state index contributed by atoms with van der Waals surface area (Å²) in [6.07, 6.45) is -3.33. The van der Waals surface area contributed by atoms with E-state index in [0.717, 1.165) is 0 Å². The van der Waals surface area contributed by atoms with Crippen LogP contribution in [0, 0.1) is 5.41 Å². The zero-order valence-corrected chi connectivity index (χ0v) is 11.1. The van der Waals surface area contributed by atoms with E-state index in [-0.39, 0.29) is 25.6 Å². The summed E-state index contributed by atoms with van der Waals surface area (Å²) in [4.78, 5) is 13.5. The minimum Gasteiger partial charge on any atom is -0.342 e. The number of alkyl halides is 3. The first kappa shape index (κ1) is 15.3. The first-order valence-corrected chi connectivity index (χ1v) is 6.35. The fourth-order valence-corrected chi connectivity index (χ4v) is 2.58. The molecule has 6 heteroatoms. The molecule has 1 rings (SSSR count). The molecule has 1 saturated heterocycles. The second-order valence-electron chi connectivity index (χ2n) is 4.89. The standard InChI is InChI=1S/C12H21F3N2O/c1-4-9(5-2)17(3)10(18)11(12(13,14)15)6-7-16-8-11/h9,16H,4-8H2,1-3H3. The average Bonchev–Trinajstić information content (AvgIpc) is 2.79. The Bertz CT molecular complexity index is 294. The molecule has 0 radical (unpaired) electrons. The second kappa shape index (κ2) is 5.47. The number of nitrogens with zero attached hydrogens (tertiary/aromatic N) is 1. The van der Waals surface area contributed by atoms with Crippen molar-refractivity contribution in [3.63, 3.8) is 0 Å². The Hall–Kier alpha value is -0.780. The Morgan fingerprint density at radius 1 is 1.39 bits per heavy atom. The molecule has 3 nitrogen and oxygen atoms in total. The van der Waals surface area contributed by atoms with Crippen LogP contribution in [0.5, 0.6) is 0 Å². The third kappa shape index (κ3) is 2.48. The number of rotatable bonds is 4. The van der Waals surface area contributed by atoms with Gasteiger partial charge in [0.15, 0.2) is 5.41 Å². The summed E-state index contributed by atoms with van der Waals surface area (Å²) in [6, 6.07) is -0.127. The Labute approximate surface area is 106 Å². The van der Waals surface area contributed by atoms with Gasteiger partial charge in [0.25, 0.3) is 0 Å². The predicted molar refractivity (Wildman–Crippen MR) is 63.1 cm³/mol. The molecule has 106 valence electrons. The SMILES string of the molecule is CCC(CC)N(C)C(=O)C1(C(F)(F)F)CCNC1. The molecule has 0 spiro atoms. The summed E-state index contributed by atoms with van der Waals surface area (Å²) in [7, 11) is 1.48. The zero-order valence-electron chi connectivity index (χ0n) is 11.1. The van der Waals surface area contributed by atoms with Crippen LogP contribution >= 0.6 is 0 Å². The molecule has 0 saturated carbocycles. The molecule has 0 aliphatic carbocycles. The van der Waals surface area contributed by atoms with Crippen molar-refractivity contribution < 1.29 is 18.0 Å². The van der Waals surface area contributed by atoms with Crippen molar-refractivity contribution in [2.24, 2.45) is 5.41 Å². The highest BCUT2D eigenvalue weighted by Crippen LogP contribution is 2.44. The number of hydrogen-bond acceptors (Lipinski definition) is 2. The predicted octanol–water partition coefficient (Wildman–Crippen LogP) is 2.18. The van der Waals surface area contributed by atoms with Crippen LogP contribution in [0.1, 0.15) is 33.1 Å². The van der Waals surface area contributed by atoms with E-state index >= 15 is 0 Å². The average molecular weight is 266 g/mol. The van der Waals surface area contributed by atoms with Crippen molar-refractivity contribution in [2.45, 2.75) is 45.3 Å². The quantitative estimate of drug-likeness (QED) is 0.846. The maximum atomic E-state index is 13.2. The van der Waals surface area contributed by atoms with Crippen molar-refractivity contribution in [1.82, 2.24) is 10.2 Å². The normalized spacial score (nSPS) is 24.6. The summed E-state index contributed by atoms with van der Waals surface area (Å²) in [5, 5.41) is 2.66. The highest BCUT2D eigenvalue weighted by Gasteiger charge is 2.62. The third-order valence-corrected chi connectivity index (χ3v) is 3.92. The Kier molecular flexibility index (Phi) is 4.64. The van der Waals surface area contributed by atoms with Gasteiger partial charge in [-0.3, -0.25) is 4.79 Å². The topological polar surface area (TPSA) is 32.3 Å². The van der Waals surface area contributed by atoms with Gasteiger partial charge in [0.1, 0.15) is 0 Å². The van der Waals surface area contributed by atoms with Gasteiger partial charge in [-0.15, -0.1) is 0 Å². The molecule has 0 bridgehead atoms. The van der Waals surface area contributed by atoms with Gasteiger partial charge in [0.2, 0.25) is 5.91 Å². The van der Waals surface area contributed by atoms with E-state index in [0.29, 0.717) is 12.8 Å². The van der Waals surface area contributed by atoms with E-state index in [9.17, 15) is 18.0 Å². The number of nitrogens with one attached hydrogen (secondary N) is 1. The van der Waals surface area contributed by atoms with Crippen LogP contribution < -0.4 is 5.32 Å². The van der Waals surface area contributed by atoms with Crippen LogP contribution in [0.25, 0.3) is 0 Å². The summed E-state index contributed by atoms with van der Waals surface area (Å²) in [6.45, 7) is 3.69. The molecular formula is C12H21F3N2O. The lowest BCUT2D eigenvalue weighted by atomic mass is 9.84. The maximum Gasteiger partial charge on any atom is 0.404 e. The molecule has 1 fully saturated rings. The van der Waals surface area contributed by atoms with E-state index in [1.165, 1.54) is 11.9 Å². The van der Waals surface area contributed by atoms with Gasteiger partial charge in [0, 0.05) is 19.6 Å². The molecule has 1 atom stereocenters. The van der Waals surface area contributed by atoms with Crippen LogP contribution in [0.2, 0.25) is 0 Å². The Balaban J connectivity index is 2.98. The molecule has 1 amide bonds.